The van der Waals surface area contributed by atoms with Crippen molar-refractivity contribution in [1.82, 2.24) is 5.32 Å². The summed E-state index contributed by atoms with van der Waals surface area (Å²) in [5, 5.41) is 54.3. The number of aliphatic hydroxyl groups is 5. The molecule has 5 atom stereocenters. The van der Waals surface area contributed by atoms with Crippen LogP contribution in [0, 0.1) is 0 Å². The molecule has 59 heavy (non-hydrogen) atoms. The van der Waals surface area contributed by atoms with E-state index in [0.717, 1.165) is 40.2 Å². The molecule has 2 aromatic carbocycles. The number of halogens is 1. The van der Waals surface area contributed by atoms with Gasteiger partial charge in [-0.15, -0.1) is 0 Å². The van der Waals surface area contributed by atoms with E-state index >= 15 is 0 Å². The van der Waals surface area contributed by atoms with E-state index in [1.165, 1.54) is 19.1 Å². The van der Waals surface area contributed by atoms with Crippen LogP contribution < -0.4 is 10.6 Å². The van der Waals surface area contributed by atoms with Gasteiger partial charge in [0.1, 0.15) is 18.3 Å². The molecule has 5 rings (SSSR count). The SMILES string of the molecule is CC(CC[N+]1=C(/C=C/C2=C(Cl)C(=C/C=C3/Nc4ccc(S(=O)(=O)O)cc4C3(C)C)/CCC2)C(C)(C)c2cc(C(=O)NCC(O)C(O)C(O)C(O)CO)ccc21)S(=O)(=O)[O-]. The van der Waals surface area contributed by atoms with Gasteiger partial charge < -0.3 is 40.7 Å². The minimum atomic E-state index is -4.56. The summed E-state index contributed by atoms with van der Waals surface area (Å²) >= 11 is 7.04. The summed E-state index contributed by atoms with van der Waals surface area (Å²) in [4.78, 5) is 13.1. The van der Waals surface area contributed by atoms with Gasteiger partial charge in [-0.2, -0.15) is 13.0 Å². The maximum Gasteiger partial charge on any atom is 0.294 e. The predicted molar refractivity (Wildman–Crippen MR) is 221 cm³/mol. The van der Waals surface area contributed by atoms with Gasteiger partial charge in [0.15, 0.2) is 12.3 Å². The lowest BCUT2D eigenvalue weighted by Crippen LogP contribution is -2.49. The predicted octanol–water partition coefficient (Wildman–Crippen LogP) is 3.25. The van der Waals surface area contributed by atoms with Crippen molar-refractivity contribution in [3.8, 4) is 0 Å². The summed E-state index contributed by atoms with van der Waals surface area (Å²) in [5.74, 6) is -0.606. The van der Waals surface area contributed by atoms with Gasteiger partial charge in [0.25, 0.3) is 16.0 Å². The van der Waals surface area contributed by atoms with Crippen molar-refractivity contribution in [2.75, 3.05) is 25.0 Å². The largest absolute Gasteiger partial charge is 0.748 e. The summed E-state index contributed by atoms with van der Waals surface area (Å²) in [5.41, 5.74) is 5.00. The maximum absolute atomic E-state index is 13.3. The second-order valence-corrected chi connectivity index (χ2v) is 19.8. The van der Waals surface area contributed by atoms with Gasteiger partial charge in [-0.1, -0.05) is 37.6 Å². The Morgan fingerprint density at radius 2 is 1.63 bits per heavy atom. The van der Waals surface area contributed by atoms with E-state index in [9.17, 15) is 51.2 Å². The minimum absolute atomic E-state index is 0.0222. The monoisotopic (exact) mass is 877 g/mol. The molecule has 0 spiro atoms. The Hall–Kier alpha value is -3.75. The molecular formula is C41H52ClN3O12S2. The van der Waals surface area contributed by atoms with Gasteiger partial charge in [0.05, 0.1) is 38.4 Å². The molecule has 2 heterocycles. The number of nitrogens with one attached hydrogen (secondary N) is 2. The van der Waals surface area contributed by atoms with Crippen LogP contribution in [-0.2, 0) is 31.1 Å². The normalized spacial score (nSPS) is 21.6. The third kappa shape index (κ3) is 9.91. The molecule has 0 saturated heterocycles. The Morgan fingerprint density at radius 3 is 2.27 bits per heavy atom. The molecule has 0 fully saturated rings. The number of allylic oxidation sites excluding steroid dienone is 8. The number of aliphatic hydroxyl groups excluding tert-OH is 5. The quantitative estimate of drug-likeness (QED) is 0.0946. The van der Waals surface area contributed by atoms with E-state index in [4.69, 9.17) is 16.7 Å². The van der Waals surface area contributed by atoms with E-state index < -0.39 is 79.8 Å². The number of fused-ring (bicyclic) bond motifs is 2. The standard InChI is InChI=1S/C41H52ClN3O12S2/c1-23(58(52,53)54)17-18-45-31-14-9-26(39(51)43-21-32(47)37(49)38(50)33(48)22-46)19-29(31)41(4,5)35(45)16-11-25-8-6-7-24(36(25)42)10-15-34-40(2,3)28-20-27(59(55,56)57)12-13-30(28)44-34/h9-16,19-20,23,32-33,37-38,46-50H,6-8,17-18,21-22H2,1-5H3,(H3,43,51,52,53,54,55,56,57). The lowest BCUT2D eigenvalue weighted by atomic mass is 9.80. The second-order valence-electron chi connectivity index (χ2n) is 16.2. The summed E-state index contributed by atoms with van der Waals surface area (Å²) in [6.07, 6.45) is 2.79. The molecule has 1 amide bonds. The molecule has 2 aromatic rings. The summed E-state index contributed by atoms with van der Waals surface area (Å²) in [6.45, 7) is 7.97. The van der Waals surface area contributed by atoms with Crippen LogP contribution in [0.4, 0.5) is 11.4 Å². The first-order valence-electron chi connectivity index (χ1n) is 19.1. The van der Waals surface area contributed by atoms with Gasteiger partial charge in [0.2, 0.25) is 5.69 Å². The molecule has 8 N–H and O–H groups in total. The highest BCUT2D eigenvalue weighted by atomic mass is 35.5. The number of benzene rings is 2. The van der Waals surface area contributed by atoms with Crippen LogP contribution >= 0.6 is 11.6 Å². The number of carbonyl (C=O) groups excluding carboxylic acids is 1. The molecule has 0 saturated carbocycles. The van der Waals surface area contributed by atoms with Crippen LogP contribution in [0.5, 0.6) is 0 Å². The van der Waals surface area contributed by atoms with Gasteiger partial charge in [-0.05, 0) is 93.2 Å². The van der Waals surface area contributed by atoms with Crippen LogP contribution in [0.2, 0.25) is 0 Å². The lowest BCUT2D eigenvalue weighted by molar-refractivity contribution is -0.438. The fourth-order valence-electron chi connectivity index (χ4n) is 7.57. The Labute approximate surface area is 349 Å². The van der Waals surface area contributed by atoms with Crippen molar-refractivity contribution in [2.45, 2.75) is 106 Å². The zero-order valence-corrected chi connectivity index (χ0v) is 35.8. The minimum Gasteiger partial charge on any atom is -0.748 e. The van der Waals surface area contributed by atoms with E-state index in [-0.39, 0.29) is 23.4 Å². The number of rotatable bonds is 15. The molecule has 0 radical (unpaired) electrons. The zero-order valence-electron chi connectivity index (χ0n) is 33.4. The third-order valence-electron chi connectivity index (χ3n) is 11.5. The van der Waals surface area contributed by atoms with Crippen LogP contribution in [0.15, 0.2) is 87.5 Å². The third-order valence-corrected chi connectivity index (χ3v) is 14.0. The molecular weight excluding hydrogens is 826 g/mol. The Kier molecular flexibility index (Phi) is 13.9. The van der Waals surface area contributed by atoms with Gasteiger partial charge in [-0.25, -0.2) is 8.42 Å². The Morgan fingerprint density at radius 1 is 0.949 bits per heavy atom. The molecule has 0 aromatic heterocycles. The Balaban J connectivity index is 1.43. The molecule has 15 nitrogen and oxygen atoms in total. The first kappa shape index (κ1) is 46.3. The average molecular weight is 878 g/mol. The fraction of sp³-hybridized carbons (Fsp3) is 0.463. The average Bonchev–Trinajstić information content (AvgIpc) is 3.56. The lowest BCUT2D eigenvalue weighted by Gasteiger charge is -2.25. The molecule has 0 bridgehead atoms. The number of anilines is 1. The molecule has 1 aliphatic carbocycles. The smallest absolute Gasteiger partial charge is 0.294 e. The highest BCUT2D eigenvalue weighted by molar-refractivity contribution is 7.86. The summed E-state index contributed by atoms with van der Waals surface area (Å²) in [7, 11) is -8.95. The van der Waals surface area contributed by atoms with Crippen LogP contribution in [0.1, 0.15) is 81.8 Å². The van der Waals surface area contributed by atoms with Crippen LogP contribution in [0.25, 0.3) is 0 Å². The van der Waals surface area contributed by atoms with Gasteiger partial charge >= 0.3 is 0 Å². The van der Waals surface area contributed by atoms with Crippen LogP contribution in [0.3, 0.4) is 0 Å². The number of amides is 1. The highest BCUT2D eigenvalue weighted by Gasteiger charge is 2.45. The van der Waals surface area contributed by atoms with Crippen molar-refractivity contribution in [2.24, 2.45) is 0 Å². The van der Waals surface area contributed by atoms with Crippen molar-refractivity contribution in [1.29, 1.82) is 0 Å². The van der Waals surface area contributed by atoms with Crippen molar-refractivity contribution < 1.29 is 60.8 Å². The fourth-order valence-corrected chi connectivity index (χ4v) is 8.79. The summed E-state index contributed by atoms with van der Waals surface area (Å²) in [6, 6.07) is 9.34. The molecule has 18 heteroatoms. The topological polar surface area (TPSA) is 257 Å². The molecule has 2 aliphatic heterocycles. The number of hydrogen-bond acceptors (Lipinski definition) is 12. The van der Waals surface area contributed by atoms with E-state index in [1.54, 1.807) is 24.3 Å². The first-order chi connectivity index (χ1) is 27.4. The maximum atomic E-state index is 13.3. The first-order valence-corrected chi connectivity index (χ1v) is 22.4. The highest BCUT2D eigenvalue weighted by Crippen LogP contribution is 2.45. The molecule has 322 valence electrons. The molecule has 3 aliphatic rings. The zero-order chi connectivity index (χ0) is 43.8. The van der Waals surface area contributed by atoms with Crippen molar-refractivity contribution in [3.05, 3.63) is 99.3 Å². The number of hydrogen-bond donors (Lipinski definition) is 8. The van der Waals surface area contributed by atoms with E-state index in [0.29, 0.717) is 29.1 Å². The second kappa shape index (κ2) is 17.7. The van der Waals surface area contributed by atoms with Gasteiger partial charge in [-0.3, -0.25) is 9.35 Å². The van der Waals surface area contributed by atoms with Gasteiger partial charge in [0, 0.05) is 58.1 Å². The Bertz CT molecular complexity index is 2370. The van der Waals surface area contributed by atoms with E-state index in [2.05, 4.69) is 10.6 Å². The van der Waals surface area contributed by atoms with E-state index in [1.807, 2.05) is 56.6 Å². The van der Waals surface area contributed by atoms with Crippen molar-refractivity contribution >= 4 is 54.8 Å². The van der Waals surface area contributed by atoms with Crippen molar-refractivity contribution in [3.63, 3.8) is 0 Å². The van der Waals surface area contributed by atoms with Crippen LogP contribution in [-0.4, -0.2) is 117 Å². The number of nitrogens with zero attached hydrogens (tertiary/aromatic N) is 1. The molecule has 5 unspecified atom stereocenters. The summed E-state index contributed by atoms with van der Waals surface area (Å²) < 4.78 is 70.7. The number of carbonyl (C=O) groups is 1.